The molecule has 3 amide bonds. The predicted octanol–water partition coefficient (Wildman–Crippen LogP) is 2.86. The zero-order valence-electron chi connectivity index (χ0n) is 18.8. The van der Waals surface area contributed by atoms with Crippen molar-refractivity contribution in [2.45, 2.75) is 39.7 Å². The van der Waals surface area contributed by atoms with Crippen molar-refractivity contribution in [3.05, 3.63) is 53.6 Å². The van der Waals surface area contributed by atoms with Crippen LogP contribution in [0.2, 0.25) is 0 Å². The summed E-state index contributed by atoms with van der Waals surface area (Å²) in [4.78, 5) is 39.1. The van der Waals surface area contributed by atoms with E-state index in [1.807, 2.05) is 45.0 Å². The van der Waals surface area contributed by atoms with E-state index in [1.54, 1.807) is 23.1 Å². The van der Waals surface area contributed by atoms with Crippen LogP contribution >= 0.6 is 0 Å². The van der Waals surface area contributed by atoms with Crippen molar-refractivity contribution < 1.29 is 23.9 Å². The molecular formula is C24H29N3O5. The molecule has 170 valence electrons. The van der Waals surface area contributed by atoms with Crippen LogP contribution in [0.25, 0.3) is 0 Å². The summed E-state index contributed by atoms with van der Waals surface area (Å²) in [6, 6.07) is 12.5. The molecule has 0 bridgehead atoms. The van der Waals surface area contributed by atoms with Crippen LogP contribution in [0.5, 0.6) is 11.5 Å². The molecule has 1 aliphatic rings. The third kappa shape index (κ3) is 5.38. The number of hydrogen-bond acceptors (Lipinski definition) is 5. The van der Waals surface area contributed by atoms with E-state index in [0.717, 1.165) is 17.7 Å². The highest BCUT2D eigenvalue weighted by molar-refractivity contribution is 6.01. The number of nitrogens with zero attached hydrogens (tertiary/aromatic N) is 1. The lowest BCUT2D eigenvalue weighted by Gasteiger charge is -2.18. The lowest BCUT2D eigenvalue weighted by Crippen LogP contribution is -2.45. The van der Waals surface area contributed by atoms with Gasteiger partial charge in [0.1, 0.15) is 0 Å². The molecule has 0 spiro atoms. The number of benzene rings is 2. The van der Waals surface area contributed by atoms with Gasteiger partial charge in [0.15, 0.2) is 11.5 Å². The molecule has 2 aromatic carbocycles. The maximum absolute atomic E-state index is 12.6. The standard InChI is InChI=1S/C24H29N3O5/c1-5-16-7-6-8-19(11-16)27-14-18(13-22(27)28)24(30)26-25-23(29)17-9-10-20(32-15(2)3)21(12-17)31-4/h6-12,15,18H,5,13-14H2,1-4H3,(H,25,29)(H,26,30). The highest BCUT2D eigenvalue weighted by Gasteiger charge is 2.35. The first-order chi connectivity index (χ1) is 15.3. The number of anilines is 1. The third-order valence-corrected chi connectivity index (χ3v) is 5.21. The molecule has 32 heavy (non-hydrogen) atoms. The Morgan fingerprint density at radius 2 is 1.91 bits per heavy atom. The lowest BCUT2D eigenvalue weighted by atomic mass is 10.1. The van der Waals surface area contributed by atoms with Crippen molar-refractivity contribution in [2.75, 3.05) is 18.6 Å². The Kier molecular flexibility index (Phi) is 7.35. The number of ether oxygens (including phenoxy) is 2. The Hall–Kier alpha value is -3.55. The number of hydrogen-bond donors (Lipinski definition) is 2. The van der Waals surface area contributed by atoms with Crippen LogP contribution in [0.4, 0.5) is 5.69 Å². The van der Waals surface area contributed by atoms with Gasteiger partial charge in [-0.25, -0.2) is 0 Å². The number of aryl methyl sites for hydroxylation is 1. The Balaban J connectivity index is 1.59. The second-order valence-electron chi connectivity index (χ2n) is 7.90. The fourth-order valence-corrected chi connectivity index (χ4v) is 3.53. The molecule has 2 aromatic rings. The van der Waals surface area contributed by atoms with Crippen molar-refractivity contribution >= 4 is 23.4 Å². The van der Waals surface area contributed by atoms with Crippen molar-refractivity contribution in [2.24, 2.45) is 5.92 Å². The van der Waals surface area contributed by atoms with E-state index in [4.69, 9.17) is 9.47 Å². The van der Waals surface area contributed by atoms with E-state index in [2.05, 4.69) is 10.9 Å². The van der Waals surface area contributed by atoms with Gasteiger partial charge in [0.05, 0.1) is 19.1 Å². The van der Waals surface area contributed by atoms with Gasteiger partial charge in [0.25, 0.3) is 5.91 Å². The first-order valence-electron chi connectivity index (χ1n) is 10.7. The number of carbonyl (C=O) groups excluding carboxylic acids is 3. The summed E-state index contributed by atoms with van der Waals surface area (Å²) in [7, 11) is 1.49. The number of amides is 3. The fourth-order valence-electron chi connectivity index (χ4n) is 3.53. The van der Waals surface area contributed by atoms with E-state index in [1.165, 1.54) is 7.11 Å². The van der Waals surface area contributed by atoms with E-state index >= 15 is 0 Å². The monoisotopic (exact) mass is 439 g/mol. The van der Waals surface area contributed by atoms with Gasteiger partial charge in [-0.05, 0) is 56.2 Å². The molecule has 8 heteroatoms. The van der Waals surface area contributed by atoms with E-state index in [-0.39, 0.29) is 25.0 Å². The summed E-state index contributed by atoms with van der Waals surface area (Å²) in [6.07, 6.45) is 0.912. The molecule has 1 unspecified atom stereocenters. The first kappa shape index (κ1) is 23.1. The minimum absolute atomic E-state index is 0.0407. The molecule has 0 aromatic heterocycles. The largest absolute Gasteiger partial charge is 0.493 e. The van der Waals surface area contributed by atoms with Crippen LogP contribution in [0.15, 0.2) is 42.5 Å². The lowest BCUT2D eigenvalue weighted by molar-refractivity contribution is -0.126. The van der Waals surface area contributed by atoms with Crippen molar-refractivity contribution in [1.29, 1.82) is 0 Å². The maximum atomic E-state index is 12.6. The van der Waals surface area contributed by atoms with Gasteiger partial charge in [-0.15, -0.1) is 0 Å². The molecule has 8 nitrogen and oxygen atoms in total. The van der Waals surface area contributed by atoms with Crippen LogP contribution in [0.3, 0.4) is 0 Å². The highest BCUT2D eigenvalue weighted by atomic mass is 16.5. The second kappa shape index (κ2) is 10.2. The number of methoxy groups -OCH3 is 1. The van der Waals surface area contributed by atoms with Crippen LogP contribution in [-0.2, 0) is 16.0 Å². The van der Waals surface area contributed by atoms with Gasteiger partial charge >= 0.3 is 0 Å². The van der Waals surface area contributed by atoms with Crippen molar-refractivity contribution in [3.8, 4) is 11.5 Å². The zero-order valence-corrected chi connectivity index (χ0v) is 18.8. The van der Waals surface area contributed by atoms with Crippen LogP contribution in [0.1, 0.15) is 43.1 Å². The average Bonchev–Trinajstić information content (AvgIpc) is 3.18. The Labute approximate surface area is 187 Å². The van der Waals surface area contributed by atoms with Crippen LogP contribution in [-0.4, -0.2) is 37.5 Å². The number of hydrazine groups is 1. The highest BCUT2D eigenvalue weighted by Crippen LogP contribution is 2.29. The molecule has 0 aliphatic carbocycles. The summed E-state index contributed by atoms with van der Waals surface area (Å²) in [5.41, 5.74) is 7.05. The molecular weight excluding hydrogens is 410 g/mol. The van der Waals surface area contributed by atoms with E-state index in [0.29, 0.717) is 17.1 Å². The summed E-state index contributed by atoms with van der Waals surface area (Å²) >= 11 is 0. The summed E-state index contributed by atoms with van der Waals surface area (Å²) < 4.78 is 10.9. The molecule has 1 atom stereocenters. The molecule has 1 aliphatic heterocycles. The molecule has 1 saturated heterocycles. The van der Waals surface area contributed by atoms with Crippen LogP contribution in [0, 0.1) is 5.92 Å². The Morgan fingerprint density at radius 3 is 2.59 bits per heavy atom. The number of carbonyl (C=O) groups is 3. The fraction of sp³-hybridized carbons (Fsp3) is 0.375. The second-order valence-corrected chi connectivity index (χ2v) is 7.90. The predicted molar refractivity (Wildman–Crippen MR) is 121 cm³/mol. The van der Waals surface area contributed by atoms with Gasteiger partial charge < -0.3 is 14.4 Å². The summed E-state index contributed by atoms with van der Waals surface area (Å²) in [5.74, 6) is -0.624. The zero-order chi connectivity index (χ0) is 23.3. The topological polar surface area (TPSA) is 97.0 Å². The van der Waals surface area contributed by atoms with Gasteiger partial charge in [0.2, 0.25) is 11.8 Å². The van der Waals surface area contributed by atoms with Crippen LogP contribution < -0.4 is 25.2 Å². The molecule has 1 heterocycles. The number of rotatable bonds is 7. The molecule has 0 saturated carbocycles. The first-order valence-corrected chi connectivity index (χ1v) is 10.7. The smallest absolute Gasteiger partial charge is 0.269 e. The third-order valence-electron chi connectivity index (χ3n) is 5.21. The minimum Gasteiger partial charge on any atom is -0.493 e. The quantitative estimate of drug-likeness (QED) is 0.647. The Morgan fingerprint density at radius 1 is 1.12 bits per heavy atom. The van der Waals surface area contributed by atoms with Crippen molar-refractivity contribution in [1.82, 2.24) is 10.9 Å². The van der Waals surface area contributed by atoms with E-state index < -0.39 is 17.7 Å². The molecule has 2 N–H and O–H groups in total. The minimum atomic E-state index is -0.551. The summed E-state index contributed by atoms with van der Waals surface area (Å²) in [6.45, 7) is 6.10. The van der Waals surface area contributed by atoms with Gasteiger partial charge in [0, 0.05) is 24.2 Å². The number of nitrogens with one attached hydrogen (secondary N) is 2. The Bertz CT molecular complexity index is 1000. The molecule has 3 rings (SSSR count). The van der Waals surface area contributed by atoms with Gasteiger partial charge in [-0.2, -0.15) is 0 Å². The molecule has 0 radical (unpaired) electrons. The normalized spacial score (nSPS) is 15.6. The van der Waals surface area contributed by atoms with Gasteiger partial charge in [-0.1, -0.05) is 19.1 Å². The SMILES string of the molecule is CCc1cccc(N2CC(C(=O)NNC(=O)c3ccc(OC(C)C)c(OC)c3)CC2=O)c1. The average molecular weight is 440 g/mol. The summed E-state index contributed by atoms with van der Waals surface area (Å²) in [5, 5.41) is 0. The van der Waals surface area contributed by atoms with Gasteiger partial charge in [-0.3, -0.25) is 25.2 Å². The van der Waals surface area contributed by atoms with E-state index in [9.17, 15) is 14.4 Å². The molecule has 1 fully saturated rings. The van der Waals surface area contributed by atoms with Crippen molar-refractivity contribution in [3.63, 3.8) is 0 Å². The maximum Gasteiger partial charge on any atom is 0.269 e.